The number of rotatable bonds is 7. The molecule has 1 rings (SSSR count). The van der Waals surface area contributed by atoms with E-state index in [0.717, 1.165) is 18.4 Å². The zero-order chi connectivity index (χ0) is 14.3. The highest BCUT2D eigenvalue weighted by Gasteiger charge is 2.27. The molecular formula is C16H24ClNO2. The Hall–Kier alpha value is -1.32. The fourth-order valence-corrected chi connectivity index (χ4v) is 2.26. The number of ether oxygens (including phenoxy) is 1. The third-order valence-corrected chi connectivity index (χ3v) is 3.06. The van der Waals surface area contributed by atoms with Gasteiger partial charge in [0, 0.05) is 6.08 Å². The summed E-state index contributed by atoms with van der Waals surface area (Å²) in [5, 5.41) is 0. The first-order valence-corrected chi connectivity index (χ1v) is 6.64. The Labute approximate surface area is 128 Å². The summed E-state index contributed by atoms with van der Waals surface area (Å²) >= 11 is 0. The van der Waals surface area contributed by atoms with Crippen molar-refractivity contribution < 1.29 is 9.53 Å². The van der Waals surface area contributed by atoms with Gasteiger partial charge < -0.3 is 4.74 Å². The molecule has 0 saturated carbocycles. The molecule has 0 aliphatic carbocycles. The lowest BCUT2D eigenvalue weighted by Gasteiger charge is -2.32. The summed E-state index contributed by atoms with van der Waals surface area (Å²) in [6.45, 7) is 5.55. The number of halogens is 1. The van der Waals surface area contributed by atoms with Gasteiger partial charge in [-0.05, 0) is 26.1 Å². The molecule has 0 fully saturated rings. The lowest BCUT2D eigenvalue weighted by Crippen LogP contribution is -2.34. The number of nitrogens with zero attached hydrogens (tertiary/aromatic N) is 1. The molecule has 2 unspecified atom stereocenters. The standard InChI is InChI=1S/C16H23NO2.ClH/c1-5-10-14(19-15(18)6-2)16(17(3)4)13-11-8-7-9-12-13;/h6-9,11-12,14,16H,2,5,10H2,1,3-4H3;1H. The number of benzene rings is 1. The Balaban J connectivity index is 0.00000361. The summed E-state index contributed by atoms with van der Waals surface area (Å²) in [4.78, 5) is 13.6. The molecule has 0 spiro atoms. The Bertz CT molecular complexity index is 406. The van der Waals surface area contributed by atoms with E-state index in [2.05, 4.69) is 30.5 Å². The molecule has 4 heteroatoms. The fourth-order valence-electron chi connectivity index (χ4n) is 2.26. The van der Waals surface area contributed by atoms with Crippen LogP contribution in [-0.2, 0) is 9.53 Å². The van der Waals surface area contributed by atoms with E-state index in [9.17, 15) is 4.79 Å². The van der Waals surface area contributed by atoms with Gasteiger partial charge in [-0.1, -0.05) is 50.3 Å². The fraction of sp³-hybridized carbons (Fsp3) is 0.438. The molecule has 0 amide bonds. The molecule has 3 nitrogen and oxygen atoms in total. The molecule has 1 aromatic rings. The first kappa shape index (κ1) is 18.7. The number of hydrogen-bond acceptors (Lipinski definition) is 3. The zero-order valence-corrected chi connectivity index (χ0v) is 13.2. The first-order valence-electron chi connectivity index (χ1n) is 6.64. The largest absolute Gasteiger partial charge is 0.457 e. The van der Waals surface area contributed by atoms with Gasteiger partial charge >= 0.3 is 5.97 Å². The summed E-state index contributed by atoms with van der Waals surface area (Å²) in [5.74, 6) is -0.360. The molecule has 1 aromatic carbocycles. The van der Waals surface area contributed by atoms with Gasteiger partial charge in [-0.25, -0.2) is 4.79 Å². The summed E-state index contributed by atoms with van der Waals surface area (Å²) in [7, 11) is 4.00. The molecular weight excluding hydrogens is 274 g/mol. The first-order chi connectivity index (χ1) is 9.10. The van der Waals surface area contributed by atoms with Crippen LogP contribution >= 0.6 is 12.4 Å². The van der Waals surface area contributed by atoms with Crippen LogP contribution in [0.2, 0.25) is 0 Å². The minimum Gasteiger partial charge on any atom is -0.457 e. The molecule has 0 aromatic heterocycles. The van der Waals surface area contributed by atoms with E-state index >= 15 is 0 Å². The van der Waals surface area contributed by atoms with Gasteiger partial charge in [0.25, 0.3) is 0 Å². The molecule has 0 aliphatic rings. The second kappa shape index (κ2) is 9.56. The second-order valence-electron chi connectivity index (χ2n) is 4.79. The van der Waals surface area contributed by atoms with E-state index in [4.69, 9.17) is 4.74 Å². The van der Waals surface area contributed by atoms with Gasteiger partial charge in [-0.2, -0.15) is 0 Å². The number of likely N-dealkylation sites (N-methyl/N-ethyl adjacent to an activating group) is 1. The third kappa shape index (κ3) is 5.35. The Morgan fingerprint density at radius 3 is 2.40 bits per heavy atom. The summed E-state index contributed by atoms with van der Waals surface area (Å²) in [6, 6.07) is 10.2. The number of carbonyl (C=O) groups is 1. The van der Waals surface area contributed by atoms with Gasteiger partial charge in [-0.3, -0.25) is 4.90 Å². The van der Waals surface area contributed by atoms with Gasteiger partial charge in [-0.15, -0.1) is 12.4 Å². The average molecular weight is 298 g/mol. The van der Waals surface area contributed by atoms with Crippen LogP contribution in [0.4, 0.5) is 0 Å². The predicted molar refractivity (Wildman–Crippen MR) is 85.1 cm³/mol. The van der Waals surface area contributed by atoms with Crippen LogP contribution < -0.4 is 0 Å². The SMILES string of the molecule is C=CC(=O)OC(CCC)C(c1ccccc1)N(C)C.Cl. The Kier molecular flexibility index (Phi) is 8.93. The maximum atomic E-state index is 11.5. The van der Waals surface area contributed by atoms with Crippen LogP contribution in [0.15, 0.2) is 43.0 Å². The van der Waals surface area contributed by atoms with Gasteiger partial charge in [0.1, 0.15) is 6.10 Å². The number of esters is 1. The van der Waals surface area contributed by atoms with Crippen LogP contribution in [0, 0.1) is 0 Å². The van der Waals surface area contributed by atoms with E-state index in [-0.39, 0.29) is 30.5 Å². The van der Waals surface area contributed by atoms with Crippen LogP contribution in [0.1, 0.15) is 31.4 Å². The van der Waals surface area contributed by atoms with Crippen molar-refractivity contribution in [1.29, 1.82) is 0 Å². The van der Waals surface area contributed by atoms with Crippen molar-refractivity contribution in [3.05, 3.63) is 48.6 Å². The van der Waals surface area contributed by atoms with E-state index in [1.807, 2.05) is 32.3 Å². The number of hydrogen-bond donors (Lipinski definition) is 0. The van der Waals surface area contributed by atoms with Crippen molar-refractivity contribution in [3.8, 4) is 0 Å². The minimum atomic E-state index is -0.360. The van der Waals surface area contributed by atoms with E-state index in [1.165, 1.54) is 6.08 Å². The van der Waals surface area contributed by atoms with Gasteiger partial charge in [0.15, 0.2) is 0 Å². The van der Waals surface area contributed by atoms with E-state index < -0.39 is 0 Å². The molecule has 0 saturated heterocycles. The normalized spacial score (nSPS) is 13.2. The predicted octanol–water partition coefficient (Wildman–Crippen LogP) is 3.61. The van der Waals surface area contributed by atoms with Crippen molar-refractivity contribution >= 4 is 18.4 Å². The molecule has 0 bridgehead atoms. The maximum Gasteiger partial charge on any atom is 0.330 e. The molecule has 0 heterocycles. The third-order valence-electron chi connectivity index (χ3n) is 3.06. The molecule has 0 N–H and O–H groups in total. The Morgan fingerprint density at radius 1 is 1.35 bits per heavy atom. The van der Waals surface area contributed by atoms with Crippen LogP contribution in [0.25, 0.3) is 0 Å². The Morgan fingerprint density at radius 2 is 1.95 bits per heavy atom. The monoisotopic (exact) mass is 297 g/mol. The van der Waals surface area contributed by atoms with E-state index in [0.29, 0.717) is 0 Å². The zero-order valence-electron chi connectivity index (χ0n) is 12.4. The van der Waals surface area contributed by atoms with Gasteiger partial charge in [0.2, 0.25) is 0 Å². The van der Waals surface area contributed by atoms with Crippen molar-refractivity contribution in [2.24, 2.45) is 0 Å². The number of carbonyl (C=O) groups excluding carboxylic acids is 1. The van der Waals surface area contributed by atoms with Crippen molar-refractivity contribution in [3.63, 3.8) is 0 Å². The van der Waals surface area contributed by atoms with Crippen LogP contribution in [0.5, 0.6) is 0 Å². The molecule has 20 heavy (non-hydrogen) atoms. The minimum absolute atomic E-state index is 0. The van der Waals surface area contributed by atoms with E-state index in [1.54, 1.807) is 0 Å². The van der Waals surface area contributed by atoms with Crippen molar-refractivity contribution in [2.75, 3.05) is 14.1 Å². The summed E-state index contributed by atoms with van der Waals surface area (Å²) in [5.41, 5.74) is 1.16. The van der Waals surface area contributed by atoms with Crippen molar-refractivity contribution in [1.82, 2.24) is 4.90 Å². The second-order valence-corrected chi connectivity index (χ2v) is 4.79. The highest BCUT2D eigenvalue weighted by Crippen LogP contribution is 2.27. The highest BCUT2D eigenvalue weighted by molar-refractivity contribution is 5.85. The smallest absolute Gasteiger partial charge is 0.330 e. The molecule has 0 radical (unpaired) electrons. The lowest BCUT2D eigenvalue weighted by atomic mass is 9.97. The highest BCUT2D eigenvalue weighted by atomic mass is 35.5. The topological polar surface area (TPSA) is 29.5 Å². The quantitative estimate of drug-likeness (QED) is 0.569. The molecule has 2 atom stereocenters. The summed E-state index contributed by atoms with van der Waals surface area (Å²) in [6.07, 6.45) is 2.86. The molecule has 0 aliphatic heterocycles. The average Bonchev–Trinajstić information content (AvgIpc) is 2.39. The maximum absolute atomic E-state index is 11.5. The molecule has 112 valence electrons. The van der Waals surface area contributed by atoms with Gasteiger partial charge in [0.05, 0.1) is 6.04 Å². The summed E-state index contributed by atoms with van der Waals surface area (Å²) < 4.78 is 5.52. The van der Waals surface area contributed by atoms with Crippen molar-refractivity contribution in [2.45, 2.75) is 31.9 Å². The van der Waals surface area contributed by atoms with Crippen LogP contribution in [-0.4, -0.2) is 31.1 Å². The lowest BCUT2D eigenvalue weighted by molar-refractivity contribution is -0.146. The van der Waals surface area contributed by atoms with Crippen LogP contribution in [0.3, 0.4) is 0 Å².